The summed E-state index contributed by atoms with van der Waals surface area (Å²) in [5.41, 5.74) is 7.76. The van der Waals surface area contributed by atoms with E-state index in [9.17, 15) is 14.4 Å². The lowest BCUT2D eigenvalue weighted by Crippen LogP contribution is -2.10. The number of hydrogen-bond acceptors (Lipinski definition) is 6. The van der Waals surface area contributed by atoms with E-state index in [4.69, 9.17) is 14.2 Å². The summed E-state index contributed by atoms with van der Waals surface area (Å²) in [7, 11) is 0. The van der Waals surface area contributed by atoms with Gasteiger partial charge in [-0.2, -0.15) is 0 Å². The van der Waals surface area contributed by atoms with Crippen LogP contribution in [-0.4, -0.2) is 24.5 Å². The molecule has 3 aromatic carbocycles. The summed E-state index contributed by atoms with van der Waals surface area (Å²) < 4.78 is 16.2. The van der Waals surface area contributed by atoms with Gasteiger partial charge in [0.1, 0.15) is 11.5 Å². The maximum absolute atomic E-state index is 12.2. The SMILES string of the molecule is C=CC(=O)OCC1CCc2cc(-c3ccc(-c4cc(OC(=O)C(=C)C)cc(OC(=O)C(=C)C)c4)c(C)c3)ccc21. The molecule has 6 nitrogen and oxygen atoms in total. The molecule has 0 fully saturated rings. The van der Waals surface area contributed by atoms with Gasteiger partial charge < -0.3 is 14.2 Å². The first-order valence-corrected chi connectivity index (χ1v) is 13.0. The van der Waals surface area contributed by atoms with Crippen LogP contribution in [0.15, 0.2) is 91.6 Å². The lowest BCUT2D eigenvalue weighted by Gasteiger charge is -2.14. The van der Waals surface area contributed by atoms with Crippen molar-refractivity contribution in [2.75, 3.05) is 6.61 Å². The normalized spacial score (nSPS) is 13.6. The van der Waals surface area contributed by atoms with Crippen LogP contribution in [0.25, 0.3) is 22.3 Å². The van der Waals surface area contributed by atoms with Gasteiger partial charge in [0.05, 0.1) is 6.61 Å². The smallest absolute Gasteiger partial charge is 0.338 e. The number of benzene rings is 3. The molecule has 0 aliphatic heterocycles. The average molecular weight is 537 g/mol. The van der Waals surface area contributed by atoms with Crippen LogP contribution in [0.1, 0.15) is 42.9 Å². The molecule has 0 spiro atoms. The molecule has 1 aliphatic rings. The molecule has 0 heterocycles. The van der Waals surface area contributed by atoms with Crippen molar-refractivity contribution >= 4 is 17.9 Å². The maximum Gasteiger partial charge on any atom is 0.338 e. The van der Waals surface area contributed by atoms with Gasteiger partial charge in [-0.1, -0.05) is 56.1 Å². The van der Waals surface area contributed by atoms with Crippen LogP contribution >= 0.6 is 0 Å². The number of aryl methyl sites for hydroxylation is 2. The minimum absolute atomic E-state index is 0.191. The van der Waals surface area contributed by atoms with Gasteiger partial charge in [-0.05, 0) is 84.7 Å². The summed E-state index contributed by atoms with van der Waals surface area (Å²) in [6, 6.07) is 17.5. The minimum Gasteiger partial charge on any atom is -0.462 e. The van der Waals surface area contributed by atoms with Gasteiger partial charge in [0.15, 0.2) is 0 Å². The number of ether oxygens (including phenoxy) is 3. The zero-order valence-corrected chi connectivity index (χ0v) is 23.0. The van der Waals surface area contributed by atoms with E-state index in [2.05, 4.69) is 44.0 Å². The number of rotatable bonds is 9. The molecular weight excluding hydrogens is 504 g/mol. The van der Waals surface area contributed by atoms with Crippen LogP contribution in [0, 0.1) is 6.92 Å². The Morgan fingerprint density at radius 1 is 0.850 bits per heavy atom. The number of carbonyl (C=O) groups is 3. The molecule has 0 amide bonds. The van der Waals surface area contributed by atoms with Crippen LogP contribution in [0.3, 0.4) is 0 Å². The Morgan fingerprint density at radius 2 is 1.45 bits per heavy atom. The van der Waals surface area contributed by atoms with Crippen LogP contribution in [0.4, 0.5) is 0 Å². The Kier molecular flexibility index (Phi) is 8.49. The van der Waals surface area contributed by atoms with Crippen molar-refractivity contribution in [2.45, 2.75) is 39.5 Å². The van der Waals surface area contributed by atoms with Gasteiger partial charge in [0, 0.05) is 29.2 Å². The van der Waals surface area contributed by atoms with Crippen molar-refractivity contribution in [3.8, 4) is 33.8 Å². The van der Waals surface area contributed by atoms with E-state index in [1.54, 1.807) is 26.0 Å². The van der Waals surface area contributed by atoms with E-state index in [-0.39, 0.29) is 28.6 Å². The molecule has 1 unspecified atom stereocenters. The number of fused-ring (bicyclic) bond motifs is 1. The largest absolute Gasteiger partial charge is 0.462 e. The highest BCUT2D eigenvalue weighted by Crippen LogP contribution is 2.38. The Balaban J connectivity index is 1.63. The second kappa shape index (κ2) is 12.0. The first-order chi connectivity index (χ1) is 19.0. The fraction of sp³-hybridized carbons (Fsp3) is 0.206. The van der Waals surface area contributed by atoms with E-state index in [0.717, 1.165) is 40.7 Å². The molecule has 3 aromatic rings. The second-order valence-electron chi connectivity index (χ2n) is 10.0. The van der Waals surface area contributed by atoms with Crippen LogP contribution in [0.5, 0.6) is 11.5 Å². The number of hydrogen-bond donors (Lipinski definition) is 0. The molecule has 0 N–H and O–H groups in total. The zero-order chi connectivity index (χ0) is 29.0. The minimum atomic E-state index is -0.570. The molecule has 204 valence electrons. The van der Waals surface area contributed by atoms with Crippen LogP contribution in [-0.2, 0) is 25.5 Å². The summed E-state index contributed by atoms with van der Waals surface area (Å²) in [6.07, 6.45) is 3.05. The maximum atomic E-state index is 12.2. The Bertz CT molecular complexity index is 1500. The summed E-state index contributed by atoms with van der Waals surface area (Å²) in [5.74, 6) is -0.869. The van der Waals surface area contributed by atoms with Crippen molar-refractivity contribution in [1.82, 2.24) is 0 Å². The highest BCUT2D eigenvalue weighted by molar-refractivity contribution is 5.90. The monoisotopic (exact) mass is 536 g/mol. The summed E-state index contributed by atoms with van der Waals surface area (Å²) in [4.78, 5) is 35.8. The Morgan fingerprint density at radius 3 is 2.02 bits per heavy atom. The van der Waals surface area contributed by atoms with E-state index in [1.165, 1.54) is 23.3 Å². The van der Waals surface area contributed by atoms with Crippen LogP contribution < -0.4 is 9.47 Å². The van der Waals surface area contributed by atoms with Gasteiger partial charge in [-0.15, -0.1) is 0 Å². The fourth-order valence-corrected chi connectivity index (χ4v) is 4.70. The highest BCUT2D eigenvalue weighted by Gasteiger charge is 2.24. The third-order valence-electron chi connectivity index (χ3n) is 6.81. The first kappa shape index (κ1) is 28.3. The third kappa shape index (κ3) is 6.46. The molecule has 0 aromatic heterocycles. The quantitative estimate of drug-likeness (QED) is 0.166. The van der Waals surface area contributed by atoms with Gasteiger partial charge in [-0.3, -0.25) is 0 Å². The molecule has 1 aliphatic carbocycles. The van der Waals surface area contributed by atoms with Crippen LogP contribution in [0.2, 0.25) is 0 Å². The second-order valence-corrected chi connectivity index (χ2v) is 10.0. The number of esters is 3. The Labute approximate surface area is 234 Å². The molecule has 0 saturated heterocycles. The van der Waals surface area contributed by atoms with Crippen molar-refractivity contribution in [1.29, 1.82) is 0 Å². The lowest BCUT2D eigenvalue weighted by molar-refractivity contribution is -0.138. The predicted molar refractivity (Wildman–Crippen MR) is 155 cm³/mol. The fourth-order valence-electron chi connectivity index (χ4n) is 4.70. The molecule has 40 heavy (non-hydrogen) atoms. The zero-order valence-electron chi connectivity index (χ0n) is 23.0. The van der Waals surface area contributed by atoms with Crippen molar-refractivity contribution < 1.29 is 28.6 Å². The van der Waals surface area contributed by atoms with Gasteiger partial charge in [-0.25, -0.2) is 14.4 Å². The molecule has 6 heteroatoms. The van der Waals surface area contributed by atoms with Crippen molar-refractivity contribution in [3.63, 3.8) is 0 Å². The average Bonchev–Trinajstić information content (AvgIpc) is 3.33. The van der Waals surface area contributed by atoms with E-state index < -0.39 is 17.9 Å². The van der Waals surface area contributed by atoms with E-state index in [1.807, 2.05) is 19.1 Å². The van der Waals surface area contributed by atoms with E-state index >= 15 is 0 Å². The first-order valence-electron chi connectivity index (χ1n) is 13.0. The molecule has 4 rings (SSSR count). The highest BCUT2D eigenvalue weighted by atomic mass is 16.5. The summed E-state index contributed by atoms with van der Waals surface area (Å²) >= 11 is 0. The molecule has 1 atom stereocenters. The summed E-state index contributed by atoms with van der Waals surface area (Å²) in [6.45, 7) is 16.2. The molecular formula is C34H32O6. The van der Waals surface area contributed by atoms with Gasteiger partial charge >= 0.3 is 17.9 Å². The van der Waals surface area contributed by atoms with Crippen molar-refractivity contribution in [2.24, 2.45) is 0 Å². The molecule has 0 radical (unpaired) electrons. The molecule has 0 saturated carbocycles. The topological polar surface area (TPSA) is 78.9 Å². The Hall–Kier alpha value is -4.71. The number of carbonyl (C=O) groups excluding carboxylic acids is 3. The standard InChI is InChI=1S/C34H32O6/c1-7-32(35)38-19-26-9-8-25-15-24(11-13-31(25)26)23-10-12-30(22(6)14-23)27-16-28(39-33(36)20(2)3)18-29(17-27)40-34(37)21(4)5/h7,10-18,26H,1-2,4,8-9,19H2,3,5-6H3. The van der Waals surface area contributed by atoms with Crippen molar-refractivity contribution in [3.05, 3.63) is 108 Å². The lowest BCUT2D eigenvalue weighted by atomic mass is 9.93. The van der Waals surface area contributed by atoms with E-state index in [0.29, 0.717) is 6.61 Å². The molecule has 0 bridgehead atoms. The predicted octanol–water partition coefficient (Wildman–Crippen LogP) is 7.05. The van der Waals surface area contributed by atoms with Gasteiger partial charge in [0.2, 0.25) is 0 Å². The third-order valence-corrected chi connectivity index (χ3v) is 6.81. The summed E-state index contributed by atoms with van der Waals surface area (Å²) in [5, 5.41) is 0. The van der Waals surface area contributed by atoms with Gasteiger partial charge in [0.25, 0.3) is 0 Å².